The van der Waals surface area contributed by atoms with Gasteiger partial charge in [-0.1, -0.05) is 6.07 Å². The summed E-state index contributed by atoms with van der Waals surface area (Å²) in [5.74, 6) is 1.26. The van der Waals surface area contributed by atoms with Crippen LogP contribution in [0.2, 0.25) is 0 Å². The number of thiophene rings is 1. The third kappa shape index (κ3) is 5.10. The molecule has 6 nitrogen and oxygen atoms in total. The van der Waals surface area contributed by atoms with Crippen molar-refractivity contribution < 1.29 is 14.3 Å². The van der Waals surface area contributed by atoms with Gasteiger partial charge in [0.25, 0.3) is 5.91 Å². The third-order valence-electron chi connectivity index (χ3n) is 3.58. The van der Waals surface area contributed by atoms with Crippen LogP contribution in [-0.2, 0) is 11.3 Å². The Labute approximate surface area is 156 Å². The maximum absolute atomic E-state index is 11.9. The number of amides is 1. The van der Waals surface area contributed by atoms with Crippen molar-refractivity contribution in [3.8, 4) is 22.1 Å². The zero-order valence-electron chi connectivity index (χ0n) is 14.6. The zero-order valence-corrected chi connectivity index (χ0v) is 15.4. The molecule has 136 valence electrons. The molecule has 0 fully saturated rings. The lowest BCUT2D eigenvalue weighted by Crippen LogP contribution is -2.31. The Bertz CT molecular complexity index is 813. The molecule has 1 N–H and O–H groups in total. The van der Waals surface area contributed by atoms with Gasteiger partial charge in [0.2, 0.25) is 0 Å². The summed E-state index contributed by atoms with van der Waals surface area (Å²) in [7, 11) is 0. The maximum Gasteiger partial charge on any atom is 0.258 e. The van der Waals surface area contributed by atoms with Crippen LogP contribution in [0.3, 0.4) is 0 Å². The SMILES string of the molecule is CCOc1ccc(OCC(=O)NCCn2ccc(-c3cccs3)n2)cc1. The molecule has 2 aromatic heterocycles. The van der Waals surface area contributed by atoms with Crippen LogP contribution in [0.15, 0.2) is 54.0 Å². The Hall–Kier alpha value is -2.80. The van der Waals surface area contributed by atoms with Gasteiger partial charge in [0.05, 0.1) is 18.0 Å². The summed E-state index contributed by atoms with van der Waals surface area (Å²) in [6.45, 7) is 3.64. The first-order valence-corrected chi connectivity index (χ1v) is 9.32. The largest absolute Gasteiger partial charge is 0.494 e. The molecule has 1 aromatic carbocycles. The molecule has 1 amide bonds. The normalized spacial score (nSPS) is 10.5. The lowest BCUT2D eigenvalue weighted by molar-refractivity contribution is -0.123. The fraction of sp³-hybridized carbons (Fsp3) is 0.263. The van der Waals surface area contributed by atoms with Crippen molar-refractivity contribution in [3.63, 3.8) is 0 Å². The number of carbonyl (C=O) groups excluding carboxylic acids is 1. The highest BCUT2D eigenvalue weighted by atomic mass is 32.1. The van der Waals surface area contributed by atoms with Gasteiger partial charge in [0.15, 0.2) is 6.61 Å². The minimum absolute atomic E-state index is 0.0203. The monoisotopic (exact) mass is 371 g/mol. The summed E-state index contributed by atoms with van der Waals surface area (Å²) < 4.78 is 12.7. The molecule has 0 aliphatic carbocycles. The first-order valence-electron chi connectivity index (χ1n) is 8.44. The van der Waals surface area contributed by atoms with Crippen LogP contribution in [0.1, 0.15) is 6.92 Å². The number of nitrogens with one attached hydrogen (secondary N) is 1. The van der Waals surface area contributed by atoms with E-state index in [4.69, 9.17) is 9.47 Å². The van der Waals surface area contributed by atoms with Crippen LogP contribution >= 0.6 is 11.3 Å². The van der Waals surface area contributed by atoms with Crippen molar-refractivity contribution >= 4 is 17.2 Å². The van der Waals surface area contributed by atoms with E-state index in [1.807, 2.05) is 53.5 Å². The molecule has 3 rings (SSSR count). The molecule has 26 heavy (non-hydrogen) atoms. The van der Waals surface area contributed by atoms with Crippen molar-refractivity contribution in [2.24, 2.45) is 0 Å². The highest BCUT2D eigenvalue weighted by Gasteiger charge is 2.05. The van der Waals surface area contributed by atoms with Crippen LogP contribution in [0, 0.1) is 0 Å². The fourth-order valence-corrected chi connectivity index (χ4v) is 3.04. The summed E-state index contributed by atoms with van der Waals surface area (Å²) in [6.07, 6.45) is 1.91. The van der Waals surface area contributed by atoms with Crippen molar-refractivity contribution in [1.82, 2.24) is 15.1 Å². The van der Waals surface area contributed by atoms with E-state index in [9.17, 15) is 4.79 Å². The molecule has 0 bridgehead atoms. The molecule has 0 aliphatic rings. The van der Waals surface area contributed by atoms with Crippen molar-refractivity contribution in [3.05, 3.63) is 54.0 Å². The standard InChI is InChI=1S/C19H21N3O3S/c1-2-24-15-5-7-16(8-6-15)25-14-19(23)20-10-12-22-11-9-17(21-22)18-4-3-13-26-18/h3-9,11,13H,2,10,12,14H2,1H3,(H,20,23). The molecule has 0 atom stereocenters. The van der Waals surface area contributed by atoms with E-state index in [1.54, 1.807) is 23.5 Å². The number of carbonyl (C=O) groups is 1. The molecule has 0 spiro atoms. The molecule has 2 heterocycles. The molecular formula is C19H21N3O3S. The summed E-state index contributed by atoms with van der Waals surface area (Å²) in [5.41, 5.74) is 0.949. The number of hydrogen-bond acceptors (Lipinski definition) is 5. The molecule has 0 saturated carbocycles. The second-order valence-electron chi connectivity index (χ2n) is 5.48. The smallest absolute Gasteiger partial charge is 0.258 e. The van der Waals surface area contributed by atoms with E-state index in [0.717, 1.165) is 16.3 Å². The predicted octanol–water partition coefficient (Wildman–Crippen LogP) is 3.21. The Morgan fingerprint density at radius 3 is 2.62 bits per heavy atom. The summed E-state index contributed by atoms with van der Waals surface area (Å²) in [4.78, 5) is 13.0. The average Bonchev–Trinajstić information content (AvgIpc) is 3.33. The van der Waals surface area contributed by atoms with Gasteiger partial charge >= 0.3 is 0 Å². The number of benzene rings is 1. The molecule has 0 unspecified atom stereocenters. The van der Waals surface area contributed by atoms with Crippen molar-refractivity contribution in [2.75, 3.05) is 19.8 Å². The van der Waals surface area contributed by atoms with Crippen LogP contribution in [0.4, 0.5) is 0 Å². The minimum atomic E-state index is -0.162. The van der Waals surface area contributed by atoms with Gasteiger partial charge in [-0.25, -0.2) is 0 Å². The van der Waals surface area contributed by atoms with E-state index in [2.05, 4.69) is 10.4 Å². The topological polar surface area (TPSA) is 65.4 Å². The molecule has 7 heteroatoms. The lowest BCUT2D eigenvalue weighted by Gasteiger charge is -2.08. The van der Waals surface area contributed by atoms with Crippen LogP contribution in [0.5, 0.6) is 11.5 Å². The number of ether oxygens (including phenoxy) is 2. The van der Waals surface area contributed by atoms with Crippen LogP contribution in [0.25, 0.3) is 10.6 Å². The number of nitrogens with zero attached hydrogens (tertiary/aromatic N) is 2. The van der Waals surface area contributed by atoms with E-state index in [0.29, 0.717) is 25.4 Å². The zero-order chi connectivity index (χ0) is 18.2. The quantitative estimate of drug-likeness (QED) is 0.627. The first-order chi connectivity index (χ1) is 12.7. The predicted molar refractivity (Wildman–Crippen MR) is 102 cm³/mol. The Morgan fingerprint density at radius 1 is 1.15 bits per heavy atom. The fourth-order valence-electron chi connectivity index (χ4n) is 2.35. The maximum atomic E-state index is 11.9. The molecule has 0 radical (unpaired) electrons. The van der Waals surface area contributed by atoms with Gasteiger partial charge < -0.3 is 14.8 Å². The van der Waals surface area contributed by atoms with Crippen LogP contribution in [-0.4, -0.2) is 35.4 Å². The Balaban J connectivity index is 1.37. The second-order valence-corrected chi connectivity index (χ2v) is 6.43. The Kier molecular flexibility index (Phi) is 6.27. The molecule has 0 aliphatic heterocycles. The molecule has 0 saturated heterocycles. The van der Waals surface area contributed by atoms with Crippen molar-refractivity contribution in [1.29, 1.82) is 0 Å². The summed E-state index contributed by atoms with van der Waals surface area (Å²) in [5, 5.41) is 9.36. The third-order valence-corrected chi connectivity index (χ3v) is 4.47. The number of aromatic nitrogens is 2. The van der Waals surface area contributed by atoms with Gasteiger partial charge in [0.1, 0.15) is 17.2 Å². The molecule has 3 aromatic rings. The van der Waals surface area contributed by atoms with Crippen LogP contribution < -0.4 is 14.8 Å². The van der Waals surface area contributed by atoms with Gasteiger partial charge in [-0.05, 0) is 48.7 Å². The van der Waals surface area contributed by atoms with E-state index < -0.39 is 0 Å². The van der Waals surface area contributed by atoms with E-state index >= 15 is 0 Å². The van der Waals surface area contributed by atoms with Crippen molar-refractivity contribution in [2.45, 2.75) is 13.5 Å². The number of rotatable bonds is 9. The highest BCUT2D eigenvalue weighted by Crippen LogP contribution is 2.22. The highest BCUT2D eigenvalue weighted by molar-refractivity contribution is 7.13. The Morgan fingerprint density at radius 2 is 1.92 bits per heavy atom. The molecular weight excluding hydrogens is 350 g/mol. The number of hydrogen-bond donors (Lipinski definition) is 1. The second kappa shape index (κ2) is 9.05. The van der Waals surface area contributed by atoms with Gasteiger partial charge in [-0.15, -0.1) is 11.3 Å². The summed E-state index contributed by atoms with van der Waals surface area (Å²) >= 11 is 1.66. The lowest BCUT2D eigenvalue weighted by atomic mass is 10.3. The van der Waals surface area contributed by atoms with E-state index in [-0.39, 0.29) is 12.5 Å². The first kappa shape index (κ1) is 18.0. The average molecular weight is 371 g/mol. The van der Waals surface area contributed by atoms with Gasteiger partial charge in [0, 0.05) is 12.7 Å². The van der Waals surface area contributed by atoms with Gasteiger partial charge in [-0.3, -0.25) is 9.48 Å². The summed E-state index contributed by atoms with van der Waals surface area (Å²) in [6, 6.07) is 13.2. The van der Waals surface area contributed by atoms with Gasteiger partial charge in [-0.2, -0.15) is 5.10 Å². The van der Waals surface area contributed by atoms with E-state index in [1.165, 1.54) is 0 Å². The minimum Gasteiger partial charge on any atom is -0.494 e.